The molecule has 0 N–H and O–H groups in total. The maximum absolute atomic E-state index is 11.7. The van der Waals surface area contributed by atoms with Crippen molar-refractivity contribution in [1.82, 2.24) is 14.1 Å². The first-order chi connectivity index (χ1) is 6.48. The first-order valence-electron chi connectivity index (χ1n) is 3.99. The predicted octanol–water partition coefficient (Wildman–Crippen LogP) is 0.279. The van der Waals surface area contributed by atoms with Gasteiger partial charge in [-0.2, -0.15) is 9.40 Å². The third-order valence-electron chi connectivity index (χ3n) is 1.79. The van der Waals surface area contributed by atoms with Gasteiger partial charge >= 0.3 is 0 Å². The van der Waals surface area contributed by atoms with E-state index in [1.807, 2.05) is 0 Å². The average Bonchev–Trinajstić information content (AvgIpc) is 2.52. The molecule has 0 saturated carbocycles. The Morgan fingerprint density at radius 3 is 2.71 bits per heavy atom. The largest absolute Gasteiger partial charge is 0.274 e. The quantitative estimate of drug-likeness (QED) is 0.707. The maximum Gasteiger partial charge on any atom is 0.245 e. The van der Waals surface area contributed by atoms with E-state index in [2.05, 4.69) is 5.10 Å². The maximum atomic E-state index is 11.7. The molecule has 1 aromatic heterocycles. The van der Waals surface area contributed by atoms with E-state index in [0.29, 0.717) is 6.54 Å². The number of alkyl halides is 1. The normalized spacial score (nSPS) is 12.3. The summed E-state index contributed by atoms with van der Waals surface area (Å²) in [6, 6.07) is 0. The summed E-state index contributed by atoms with van der Waals surface area (Å²) in [7, 11) is -0.257. The number of sulfonamides is 1. The van der Waals surface area contributed by atoms with E-state index in [4.69, 9.17) is 11.6 Å². The number of aromatic nitrogens is 2. The third-order valence-corrected chi connectivity index (χ3v) is 3.77. The van der Waals surface area contributed by atoms with E-state index < -0.39 is 10.0 Å². The van der Waals surface area contributed by atoms with Crippen LogP contribution in [-0.4, -0.2) is 42.0 Å². The fourth-order valence-electron chi connectivity index (χ4n) is 0.951. The van der Waals surface area contributed by atoms with Crippen molar-refractivity contribution < 1.29 is 8.42 Å². The van der Waals surface area contributed by atoms with Crippen molar-refractivity contribution in [1.29, 1.82) is 0 Å². The SMILES string of the molecule is CN(CCCl)S(=O)(=O)c1cnn(C)c1. The molecule has 0 spiro atoms. The second-order valence-electron chi connectivity index (χ2n) is 2.87. The van der Waals surface area contributed by atoms with E-state index in [-0.39, 0.29) is 10.8 Å². The van der Waals surface area contributed by atoms with E-state index >= 15 is 0 Å². The molecular weight excluding hydrogens is 226 g/mol. The first kappa shape index (κ1) is 11.5. The monoisotopic (exact) mass is 237 g/mol. The van der Waals surface area contributed by atoms with Crippen molar-refractivity contribution in [2.45, 2.75) is 4.90 Å². The molecule has 0 saturated heterocycles. The lowest BCUT2D eigenvalue weighted by atomic mass is 10.7. The molecule has 0 radical (unpaired) electrons. The van der Waals surface area contributed by atoms with Crippen LogP contribution in [0.15, 0.2) is 17.3 Å². The van der Waals surface area contributed by atoms with Gasteiger partial charge in [0.1, 0.15) is 4.90 Å². The van der Waals surface area contributed by atoms with Gasteiger partial charge in [-0.25, -0.2) is 8.42 Å². The summed E-state index contributed by atoms with van der Waals surface area (Å²) in [6.07, 6.45) is 2.78. The second kappa shape index (κ2) is 4.29. The Morgan fingerprint density at radius 1 is 1.64 bits per heavy atom. The number of rotatable bonds is 4. The van der Waals surface area contributed by atoms with E-state index in [0.717, 1.165) is 0 Å². The molecule has 80 valence electrons. The zero-order valence-corrected chi connectivity index (χ0v) is 9.59. The number of nitrogens with zero attached hydrogens (tertiary/aromatic N) is 3. The minimum Gasteiger partial charge on any atom is -0.274 e. The van der Waals surface area contributed by atoms with Crippen molar-refractivity contribution in [2.24, 2.45) is 7.05 Å². The van der Waals surface area contributed by atoms with Crippen LogP contribution >= 0.6 is 11.6 Å². The highest BCUT2D eigenvalue weighted by Gasteiger charge is 2.21. The van der Waals surface area contributed by atoms with Crippen molar-refractivity contribution in [2.75, 3.05) is 19.5 Å². The smallest absolute Gasteiger partial charge is 0.245 e. The molecular formula is C7H12ClN3O2S. The molecule has 7 heteroatoms. The van der Waals surface area contributed by atoms with Gasteiger partial charge < -0.3 is 0 Å². The van der Waals surface area contributed by atoms with Gasteiger partial charge in [-0.3, -0.25) is 4.68 Å². The Morgan fingerprint density at radius 2 is 2.29 bits per heavy atom. The van der Waals surface area contributed by atoms with E-state index in [1.54, 1.807) is 7.05 Å². The summed E-state index contributed by atoms with van der Waals surface area (Å²) in [6.45, 7) is 0.290. The molecule has 0 fully saturated rings. The second-order valence-corrected chi connectivity index (χ2v) is 5.29. The van der Waals surface area contributed by atoms with Gasteiger partial charge in [0.25, 0.3) is 0 Å². The highest BCUT2D eigenvalue weighted by atomic mass is 35.5. The van der Waals surface area contributed by atoms with Crippen LogP contribution in [0.2, 0.25) is 0 Å². The summed E-state index contributed by atoms with van der Waals surface area (Å²) in [5.74, 6) is 0.274. The van der Waals surface area contributed by atoms with Crippen molar-refractivity contribution >= 4 is 21.6 Å². The van der Waals surface area contributed by atoms with E-state index in [1.165, 1.54) is 28.4 Å². The fourth-order valence-corrected chi connectivity index (χ4v) is 2.46. The highest BCUT2D eigenvalue weighted by molar-refractivity contribution is 7.89. The summed E-state index contributed by atoms with van der Waals surface area (Å²) in [4.78, 5) is 0.188. The van der Waals surface area contributed by atoms with Gasteiger partial charge in [-0.1, -0.05) is 0 Å². The number of halogens is 1. The van der Waals surface area contributed by atoms with Crippen LogP contribution in [0.1, 0.15) is 0 Å². The molecule has 0 atom stereocenters. The first-order valence-corrected chi connectivity index (χ1v) is 5.97. The lowest BCUT2D eigenvalue weighted by Crippen LogP contribution is -2.28. The van der Waals surface area contributed by atoms with Gasteiger partial charge in [0, 0.05) is 32.7 Å². The van der Waals surface area contributed by atoms with Gasteiger partial charge in [-0.05, 0) is 0 Å². The Labute approximate surface area is 88.3 Å². The van der Waals surface area contributed by atoms with Crippen LogP contribution < -0.4 is 0 Å². The van der Waals surface area contributed by atoms with Crippen LogP contribution in [0.4, 0.5) is 0 Å². The molecule has 1 heterocycles. The lowest BCUT2D eigenvalue weighted by Gasteiger charge is -2.13. The van der Waals surface area contributed by atoms with Crippen LogP contribution in [-0.2, 0) is 17.1 Å². The highest BCUT2D eigenvalue weighted by Crippen LogP contribution is 2.12. The van der Waals surface area contributed by atoms with Crippen molar-refractivity contribution in [3.05, 3.63) is 12.4 Å². The van der Waals surface area contributed by atoms with Gasteiger partial charge in [0.05, 0.1) is 6.20 Å². The molecule has 0 aliphatic carbocycles. The lowest BCUT2D eigenvalue weighted by molar-refractivity contribution is 0.487. The Bertz CT molecular complexity index is 401. The van der Waals surface area contributed by atoms with Crippen LogP contribution in [0.5, 0.6) is 0 Å². The molecule has 1 rings (SSSR count). The van der Waals surface area contributed by atoms with Gasteiger partial charge in [-0.15, -0.1) is 11.6 Å². The Hall–Kier alpha value is -0.590. The van der Waals surface area contributed by atoms with Crippen molar-refractivity contribution in [3.63, 3.8) is 0 Å². The minimum absolute atomic E-state index is 0.188. The van der Waals surface area contributed by atoms with Crippen LogP contribution in [0.25, 0.3) is 0 Å². The van der Waals surface area contributed by atoms with Crippen LogP contribution in [0, 0.1) is 0 Å². The third kappa shape index (κ3) is 2.26. The fraction of sp³-hybridized carbons (Fsp3) is 0.571. The van der Waals surface area contributed by atoms with Crippen molar-refractivity contribution in [3.8, 4) is 0 Å². The minimum atomic E-state index is -3.41. The van der Waals surface area contributed by atoms with Gasteiger partial charge in [0.15, 0.2) is 0 Å². The Balaban J connectivity index is 2.96. The Kier molecular flexibility index (Phi) is 3.52. The number of hydrogen-bond acceptors (Lipinski definition) is 3. The molecule has 0 amide bonds. The zero-order chi connectivity index (χ0) is 10.8. The van der Waals surface area contributed by atoms with Gasteiger partial charge in [0.2, 0.25) is 10.0 Å². The molecule has 1 aromatic rings. The average molecular weight is 238 g/mol. The molecule has 0 aliphatic heterocycles. The number of hydrogen-bond donors (Lipinski definition) is 0. The summed E-state index contributed by atoms with van der Waals surface area (Å²) >= 11 is 5.47. The molecule has 0 aliphatic rings. The number of aryl methyl sites for hydroxylation is 1. The molecule has 0 aromatic carbocycles. The van der Waals surface area contributed by atoms with E-state index in [9.17, 15) is 8.42 Å². The zero-order valence-electron chi connectivity index (χ0n) is 8.01. The topological polar surface area (TPSA) is 55.2 Å². The molecule has 5 nitrogen and oxygen atoms in total. The summed E-state index contributed by atoms with van der Waals surface area (Å²) in [5, 5.41) is 3.80. The van der Waals surface area contributed by atoms with Crippen LogP contribution in [0.3, 0.4) is 0 Å². The molecule has 0 bridgehead atoms. The summed E-state index contributed by atoms with van der Waals surface area (Å²) < 4.78 is 26.1. The molecule has 0 unspecified atom stereocenters. The predicted molar refractivity (Wildman–Crippen MR) is 53.7 cm³/mol. The standard InChI is InChI=1S/C7H12ClN3O2S/c1-10-6-7(5-9-10)14(12,13)11(2)4-3-8/h5-6H,3-4H2,1-2H3. The molecule has 14 heavy (non-hydrogen) atoms. The summed E-state index contributed by atoms with van der Waals surface area (Å²) in [5.41, 5.74) is 0.